The number of hydrogen-bond acceptors (Lipinski definition) is 1. The van der Waals surface area contributed by atoms with E-state index in [-0.39, 0.29) is 5.82 Å². The van der Waals surface area contributed by atoms with Gasteiger partial charge in [0.25, 0.3) is 0 Å². The first-order chi connectivity index (χ1) is 7.15. The maximum absolute atomic E-state index is 13.0. The highest BCUT2D eigenvalue weighted by atomic mass is 79.9. The van der Waals surface area contributed by atoms with Crippen molar-refractivity contribution < 1.29 is 4.39 Å². The summed E-state index contributed by atoms with van der Waals surface area (Å²) in [6.07, 6.45) is 3.48. The summed E-state index contributed by atoms with van der Waals surface area (Å²) in [5, 5.41) is 4.62. The second-order valence-corrected chi connectivity index (χ2v) is 4.41. The summed E-state index contributed by atoms with van der Waals surface area (Å²) in [7, 11) is 0. The van der Waals surface area contributed by atoms with Crippen molar-refractivity contribution in [2.75, 3.05) is 0 Å². The summed E-state index contributed by atoms with van der Waals surface area (Å²) >= 11 is 9.22. The fourth-order valence-corrected chi connectivity index (χ4v) is 1.77. The highest BCUT2D eigenvalue weighted by Crippen LogP contribution is 2.18. The fourth-order valence-electron chi connectivity index (χ4n) is 1.26. The second-order valence-electron chi connectivity index (χ2n) is 3.09. The third-order valence-corrected chi connectivity index (χ3v) is 2.72. The minimum atomic E-state index is -0.291. The zero-order valence-corrected chi connectivity index (χ0v) is 9.96. The molecular formula is C10H7BrClFN2. The van der Waals surface area contributed by atoms with Gasteiger partial charge in [0, 0.05) is 11.2 Å². The van der Waals surface area contributed by atoms with Gasteiger partial charge < -0.3 is 0 Å². The van der Waals surface area contributed by atoms with Gasteiger partial charge in [-0.1, -0.05) is 11.6 Å². The van der Waals surface area contributed by atoms with Crippen molar-refractivity contribution in [1.29, 1.82) is 0 Å². The van der Waals surface area contributed by atoms with Crippen molar-refractivity contribution in [2.24, 2.45) is 0 Å². The molecule has 2 nitrogen and oxygen atoms in total. The van der Waals surface area contributed by atoms with Crippen LogP contribution in [-0.4, -0.2) is 9.78 Å². The van der Waals surface area contributed by atoms with Gasteiger partial charge in [-0.2, -0.15) is 5.10 Å². The Hall–Kier alpha value is -0.870. The van der Waals surface area contributed by atoms with Crippen LogP contribution in [0.3, 0.4) is 0 Å². The van der Waals surface area contributed by atoms with Crippen LogP contribution < -0.4 is 0 Å². The molecule has 0 aliphatic carbocycles. The lowest BCUT2D eigenvalue weighted by Gasteiger charge is -2.04. The maximum atomic E-state index is 13.0. The van der Waals surface area contributed by atoms with Gasteiger partial charge in [-0.25, -0.2) is 4.39 Å². The lowest BCUT2D eigenvalue weighted by Crippen LogP contribution is -2.00. The molecule has 0 N–H and O–H groups in total. The number of hydrogen-bond donors (Lipinski definition) is 0. The van der Waals surface area contributed by atoms with Crippen LogP contribution in [0.1, 0.15) is 5.56 Å². The second kappa shape index (κ2) is 4.33. The Bertz CT molecular complexity index is 484. The van der Waals surface area contributed by atoms with E-state index in [1.807, 2.05) is 0 Å². The van der Waals surface area contributed by atoms with E-state index in [1.54, 1.807) is 23.1 Å². The van der Waals surface area contributed by atoms with Gasteiger partial charge in [-0.3, -0.25) is 4.68 Å². The van der Waals surface area contributed by atoms with Gasteiger partial charge in [-0.15, -0.1) is 0 Å². The molecule has 0 amide bonds. The molecule has 0 aliphatic heterocycles. The Labute approximate surface area is 99.8 Å². The molecule has 1 aromatic carbocycles. The van der Waals surface area contributed by atoms with Crippen molar-refractivity contribution in [3.8, 4) is 0 Å². The lowest BCUT2D eigenvalue weighted by molar-refractivity contribution is 0.619. The molecule has 0 aliphatic rings. The highest BCUT2D eigenvalue weighted by Gasteiger charge is 2.04. The third-order valence-electron chi connectivity index (χ3n) is 1.94. The summed E-state index contributed by atoms with van der Waals surface area (Å²) in [6, 6.07) is 4.30. The number of aromatic nitrogens is 2. The molecule has 78 valence electrons. The first kappa shape index (κ1) is 10.6. The molecule has 15 heavy (non-hydrogen) atoms. The standard InChI is InChI=1S/C10H7BrClFN2/c11-8-4-14-15(6-8)5-7-3-9(13)1-2-10(7)12/h1-4,6H,5H2. The average Bonchev–Trinajstić information content (AvgIpc) is 2.58. The molecular weight excluding hydrogens is 282 g/mol. The zero-order chi connectivity index (χ0) is 10.8. The molecule has 0 atom stereocenters. The number of rotatable bonds is 2. The molecule has 5 heteroatoms. The Morgan fingerprint density at radius 2 is 2.27 bits per heavy atom. The van der Waals surface area contributed by atoms with Crippen molar-refractivity contribution in [3.63, 3.8) is 0 Å². The number of halogens is 3. The number of nitrogens with zero attached hydrogens (tertiary/aromatic N) is 2. The third kappa shape index (κ3) is 2.58. The van der Waals surface area contributed by atoms with Crippen LogP contribution in [-0.2, 0) is 6.54 Å². The topological polar surface area (TPSA) is 17.8 Å². The van der Waals surface area contributed by atoms with E-state index in [9.17, 15) is 4.39 Å². The van der Waals surface area contributed by atoms with Crippen LogP contribution in [0.4, 0.5) is 4.39 Å². The smallest absolute Gasteiger partial charge is 0.123 e. The Morgan fingerprint density at radius 3 is 2.93 bits per heavy atom. The molecule has 1 aromatic heterocycles. The largest absolute Gasteiger partial charge is 0.267 e. The Kier molecular flexibility index (Phi) is 3.07. The molecule has 2 rings (SSSR count). The predicted octanol–water partition coefficient (Wildman–Crippen LogP) is 3.49. The van der Waals surface area contributed by atoms with Crippen molar-refractivity contribution in [2.45, 2.75) is 6.54 Å². The summed E-state index contributed by atoms with van der Waals surface area (Å²) < 4.78 is 15.5. The van der Waals surface area contributed by atoms with Crippen LogP contribution in [0.15, 0.2) is 35.1 Å². The van der Waals surface area contributed by atoms with E-state index in [2.05, 4.69) is 21.0 Å². The molecule has 0 fully saturated rings. The fraction of sp³-hybridized carbons (Fsp3) is 0.100. The van der Waals surface area contributed by atoms with Crippen LogP contribution in [0.2, 0.25) is 5.02 Å². The summed E-state index contributed by atoms with van der Waals surface area (Å²) in [5.74, 6) is -0.291. The minimum Gasteiger partial charge on any atom is -0.267 e. The number of benzene rings is 1. The molecule has 0 spiro atoms. The zero-order valence-electron chi connectivity index (χ0n) is 7.62. The van der Waals surface area contributed by atoms with E-state index in [4.69, 9.17) is 11.6 Å². The van der Waals surface area contributed by atoms with Crippen LogP contribution >= 0.6 is 27.5 Å². The average molecular weight is 290 g/mol. The van der Waals surface area contributed by atoms with Crippen LogP contribution in [0.5, 0.6) is 0 Å². The predicted molar refractivity (Wildman–Crippen MR) is 60.4 cm³/mol. The highest BCUT2D eigenvalue weighted by molar-refractivity contribution is 9.10. The van der Waals surface area contributed by atoms with Crippen molar-refractivity contribution in [3.05, 3.63) is 51.5 Å². The summed E-state index contributed by atoms with van der Waals surface area (Å²) in [6.45, 7) is 0.461. The van der Waals surface area contributed by atoms with Crippen LogP contribution in [0.25, 0.3) is 0 Å². The molecule has 0 saturated heterocycles. The molecule has 2 aromatic rings. The maximum Gasteiger partial charge on any atom is 0.123 e. The van der Waals surface area contributed by atoms with Gasteiger partial charge in [0.2, 0.25) is 0 Å². The van der Waals surface area contributed by atoms with E-state index in [0.29, 0.717) is 17.1 Å². The molecule has 0 saturated carbocycles. The van der Waals surface area contributed by atoms with E-state index < -0.39 is 0 Å². The van der Waals surface area contributed by atoms with E-state index in [0.717, 1.165) is 4.47 Å². The van der Waals surface area contributed by atoms with E-state index >= 15 is 0 Å². The molecule has 0 unspecified atom stereocenters. The SMILES string of the molecule is Fc1ccc(Cl)c(Cn2cc(Br)cn2)c1. The Balaban J connectivity index is 2.27. The van der Waals surface area contributed by atoms with Gasteiger partial charge in [0.1, 0.15) is 5.82 Å². The quantitative estimate of drug-likeness (QED) is 0.827. The molecule has 1 heterocycles. The minimum absolute atomic E-state index is 0.291. The first-order valence-electron chi connectivity index (χ1n) is 4.27. The molecule has 0 bridgehead atoms. The van der Waals surface area contributed by atoms with Gasteiger partial charge in [0.15, 0.2) is 0 Å². The van der Waals surface area contributed by atoms with E-state index in [1.165, 1.54) is 12.1 Å². The Morgan fingerprint density at radius 1 is 1.47 bits per heavy atom. The van der Waals surface area contributed by atoms with Crippen molar-refractivity contribution in [1.82, 2.24) is 9.78 Å². The summed E-state index contributed by atoms with van der Waals surface area (Å²) in [4.78, 5) is 0. The monoisotopic (exact) mass is 288 g/mol. The summed E-state index contributed by atoms with van der Waals surface area (Å²) in [5.41, 5.74) is 0.715. The van der Waals surface area contributed by atoms with Gasteiger partial charge in [0.05, 0.1) is 17.2 Å². The lowest BCUT2D eigenvalue weighted by atomic mass is 10.2. The molecule has 0 radical (unpaired) electrons. The first-order valence-corrected chi connectivity index (χ1v) is 5.44. The van der Waals surface area contributed by atoms with Gasteiger partial charge >= 0.3 is 0 Å². The normalized spacial score (nSPS) is 10.6. The van der Waals surface area contributed by atoms with Gasteiger partial charge in [-0.05, 0) is 39.7 Å². The van der Waals surface area contributed by atoms with Crippen LogP contribution in [0, 0.1) is 5.82 Å². The van der Waals surface area contributed by atoms with Crippen molar-refractivity contribution >= 4 is 27.5 Å².